The summed E-state index contributed by atoms with van der Waals surface area (Å²) < 4.78 is 2.37. The zero-order valence-electron chi connectivity index (χ0n) is 8.66. The van der Waals surface area contributed by atoms with Gasteiger partial charge in [0, 0.05) is 59.8 Å². The van der Waals surface area contributed by atoms with E-state index in [0.29, 0.717) is 6.04 Å². The van der Waals surface area contributed by atoms with Crippen molar-refractivity contribution in [2.75, 3.05) is 25.0 Å². The molecule has 0 bridgehead atoms. The van der Waals surface area contributed by atoms with Gasteiger partial charge in [0.15, 0.2) is 0 Å². The van der Waals surface area contributed by atoms with Gasteiger partial charge in [-0.05, 0) is 30.7 Å². The lowest BCUT2D eigenvalue weighted by atomic mass is 10.1. The van der Waals surface area contributed by atoms with E-state index in [1.165, 1.54) is 18.7 Å². The predicted molar refractivity (Wildman–Crippen MR) is 73.9 cm³/mol. The lowest BCUT2D eigenvalue weighted by Crippen LogP contribution is -2.47. The second-order valence-electron chi connectivity index (χ2n) is 3.92. The van der Waals surface area contributed by atoms with Crippen LogP contribution in [0.3, 0.4) is 0 Å². The van der Waals surface area contributed by atoms with Crippen LogP contribution in [0.2, 0.25) is 5.02 Å². The van der Waals surface area contributed by atoms with E-state index in [0.717, 1.165) is 11.6 Å². The minimum Gasteiger partial charge on any atom is -0.373 e. The first-order valence-corrected chi connectivity index (χ1v) is 6.40. The number of hydrogen-bond donors (Lipinski definition) is 0. The van der Waals surface area contributed by atoms with Crippen LogP contribution in [0.4, 0.5) is 5.69 Å². The van der Waals surface area contributed by atoms with E-state index in [1.54, 1.807) is 0 Å². The van der Waals surface area contributed by atoms with E-state index >= 15 is 0 Å². The summed E-state index contributed by atoms with van der Waals surface area (Å²) in [7, 11) is 2.13. The van der Waals surface area contributed by atoms with Gasteiger partial charge in [0.2, 0.25) is 0 Å². The standard InChI is InChI=1S/C11H14ClIN2/c1-14(8-11-6-7-15(11)13)10-4-2-9(12)3-5-10/h2-5,11H,6-8H2,1H3. The van der Waals surface area contributed by atoms with Crippen LogP contribution in [0.25, 0.3) is 0 Å². The van der Waals surface area contributed by atoms with Gasteiger partial charge >= 0.3 is 0 Å². The molecule has 4 heteroatoms. The highest BCUT2D eigenvalue weighted by Crippen LogP contribution is 2.24. The van der Waals surface area contributed by atoms with E-state index in [9.17, 15) is 0 Å². The molecule has 1 atom stereocenters. The Morgan fingerprint density at radius 3 is 2.60 bits per heavy atom. The molecule has 0 saturated carbocycles. The van der Waals surface area contributed by atoms with Gasteiger partial charge in [-0.2, -0.15) is 0 Å². The zero-order chi connectivity index (χ0) is 10.8. The minimum atomic E-state index is 0.700. The van der Waals surface area contributed by atoms with Crippen molar-refractivity contribution in [3.8, 4) is 0 Å². The number of rotatable bonds is 3. The van der Waals surface area contributed by atoms with Crippen molar-refractivity contribution in [3.05, 3.63) is 29.3 Å². The summed E-state index contributed by atoms with van der Waals surface area (Å²) in [4.78, 5) is 2.28. The van der Waals surface area contributed by atoms with Crippen LogP contribution in [0.1, 0.15) is 6.42 Å². The van der Waals surface area contributed by atoms with Crippen LogP contribution >= 0.6 is 34.5 Å². The summed E-state index contributed by atoms with van der Waals surface area (Å²) >= 11 is 8.25. The third-order valence-electron chi connectivity index (χ3n) is 2.82. The Morgan fingerprint density at radius 2 is 2.13 bits per heavy atom. The molecule has 1 aliphatic rings. The quantitative estimate of drug-likeness (QED) is 0.618. The van der Waals surface area contributed by atoms with Gasteiger partial charge in [-0.3, -0.25) is 0 Å². The van der Waals surface area contributed by atoms with Crippen molar-refractivity contribution in [3.63, 3.8) is 0 Å². The average molecular weight is 337 g/mol. The van der Waals surface area contributed by atoms with Gasteiger partial charge in [-0.1, -0.05) is 11.6 Å². The lowest BCUT2D eigenvalue weighted by molar-refractivity contribution is 0.251. The maximum absolute atomic E-state index is 5.86. The first-order valence-electron chi connectivity index (χ1n) is 5.06. The molecule has 0 aromatic heterocycles. The molecule has 1 heterocycles. The largest absolute Gasteiger partial charge is 0.373 e. The average Bonchev–Trinajstić information content (AvgIpc) is 2.24. The van der Waals surface area contributed by atoms with E-state index in [1.807, 2.05) is 12.1 Å². The second-order valence-corrected chi connectivity index (χ2v) is 5.60. The molecule has 1 aromatic carbocycles. The Hall–Kier alpha value is -0.0000000000000000555. The highest BCUT2D eigenvalue weighted by atomic mass is 127. The number of halogens is 2. The molecule has 0 radical (unpaired) electrons. The van der Waals surface area contributed by atoms with E-state index < -0.39 is 0 Å². The summed E-state index contributed by atoms with van der Waals surface area (Å²) in [6.45, 7) is 2.31. The Bertz CT molecular complexity index is 328. The SMILES string of the molecule is CN(CC1CCN1I)c1ccc(Cl)cc1. The molecule has 15 heavy (non-hydrogen) atoms. The van der Waals surface area contributed by atoms with Gasteiger partial charge in [0.05, 0.1) is 0 Å². The second kappa shape index (κ2) is 4.89. The Morgan fingerprint density at radius 1 is 1.47 bits per heavy atom. The van der Waals surface area contributed by atoms with Crippen molar-refractivity contribution < 1.29 is 0 Å². The predicted octanol–water partition coefficient (Wildman–Crippen LogP) is 3.20. The van der Waals surface area contributed by atoms with E-state index in [4.69, 9.17) is 11.6 Å². The Labute approximate surface area is 110 Å². The number of hydrogen-bond acceptors (Lipinski definition) is 2. The van der Waals surface area contributed by atoms with Crippen LogP contribution in [0, 0.1) is 0 Å². The Balaban J connectivity index is 1.95. The lowest BCUT2D eigenvalue weighted by Gasteiger charge is -2.38. The van der Waals surface area contributed by atoms with Crippen LogP contribution < -0.4 is 4.90 Å². The molecule has 1 fully saturated rings. The fourth-order valence-corrected chi connectivity index (χ4v) is 2.57. The highest BCUT2D eigenvalue weighted by molar-refractivity contribution is 14.1. The topological polar surface area (TPSA) is 6.48 Å². The molecule has 1 unspecified atom stereocenters. The van der Waals surface area contributed by atoms with E-state index in [-0.39, 0.29) is 0 Å². The third-order valence-corrected chi connectivity index (χ3v) is 4.35. The molecule has 1 aliphatic heterocycles. The van der Waals surface area contributed by atoms with Crippen molar-refractivity contribution in [1.82, 2.24) is 3.11 Å². The number of nitrogens with zero attached hydrogens (tertiary/aromatic N) is 2. The normalized spacial score (nSPS) is 21.1. The van der Waals surface area contributed by atoms with Crippen LogP contribution in [-0.4, -0.2) is 29.3 Å². The maximum atomic E-state index is 5.86. The van der Waals surface area contributed by atoms with Crippen molar-refractivity contribution in [2.24, 2.45) is 0 Å². The summed E-state index contributed by atoms with van der Waals surface area (Å²) in [5.74, 6) is 0. The number of anilines is 1. The Kier molecular flexibility index (Phi) is 3.74. The summed E-state index contributed by atoms with van der Waals surface area (Å²) in [6, 6.07) is 8.72. The molecule has 2 rings (SSSR count). The molecule has 1 aromatic rings. The number of likely N-dealkylation sites (N-methyl/N-ethyl adjacent to an activating group) is 1. The van der Waals surface area contributed by atoms with Gasteiger partial charge in [-0.25, -0.2) is 3.11 Å². The van der Waals surface area contributed by atoms with Crippen LogP contribution in [-0.2, 0) is 0 Å². The third kappa shape index (κ3) is 2.77. The van der Waals surface area contributed by atoms with Gasteiger partial charge in [0.25, 0.3) is 0 Å². The fraction of sp³-hybridized carbons (Fsp3) is 0.455. The van der Waals surface area contributed by atoms with E-state index in [2.05, 4.69) is 50.1 Å². The highest BCUT2D eigenvalue weighted by Gasteiger charge is 2.26. The summed E-state index contributed by atoms with van der Waals surface area (Å²) in [5.41, 5.74) is 1.23. The molecule has 0 N–H and O–H groups in total. The van der Waals surface area contributed by atoms with Crippen molar-refractivity contribution >= 4 is 40.2 Å². The van der Waals surface area contributed by atoms with Crippen LogP contribution in [0.15, 0.2) is 24.3 Å². The zero-order valence-corrected chi connectivity index (χ0v) is 11.6. The van der Waals surface area contributed by atoms with Gasteiger partial charge < -0.3 is 4.90 Å². The summed E-state index contributed by atoms with van der Waals surface area (Å²) in [6.07, 6.45) is 1.31. The monoisotopic (exact) mass is 336 g/mol. The van der Waals surface area contributed by atoms with Crippen molar-refractivity contribution in [1.29, 1.82) is 0 Å². The first kappa shape index (κ1) is 11.5. The smallest absolute Gasteiger partial charge is 0.0407 e. The molecule has 0 amide bonds. The number of benzene rings is 1. The maximum Gasteiger partial charge on any atom is 0.0407 e. The van der Waals surface area contributed by atoms with Gasteiger partial charge in [-0.15, -0.1) is 0 Å². The molecule has 82 valence electrons. The summed E-state index contributed by atoms with van der Waals surface area (Å²) in [5, 5.41) is 0.798. The van der Waals surface area contributed by atoms with Crippen LogP contribution in [0.5, 0.6) is 0 Å². The van der Waals surface area contributed by atoms with Gasteiger partial charge in [0.1, 0.15) is 0 Å². The molecule has 0 aliphatic carbocycles. The molecular weight excluding hydrogens is 322 g/mol. The molecule has 2 nitrogen and oxygen atoms in total. The van der Waals surface area contributed by atoms with Crippen molar-refractivity contribution in [2.45, 2.75) is 12.5 Å². The molecular formula is C11H14ClIN2. The fourth-order valence-electron chi connectivity index (χ4n) is 1.71. The molecule has 0 spiro atoms. The minimum absolute atomic E-state index is 0.700. The molecule has 1 saturated heterocycles. The first-order chi connectivity index (χ1) is 7.16.